The molecule has 7 nitrogen and oxygen atoms in total. The second-order valence-electron chi connectivity index (χ2n) is 4.25. The third kappa shape index (κ3) is 1.83. The molecule has 0 bridgehead atoms. The van der Waals surface area contributed by atoms with E-state index in [1.807, 2.05) is 0 Å². The van der Waals surface area contributed by atoms with Gasteiger partial charge in [-0.3, -0.25) is 4.68 Å². The number of rotatable bonds is 3. The van der Waals surface area contributed by atoms with E-state index in [0.29, 0.717) is 28.5 Å². The van der Waals surface area contributed by atoms with E-state index in [1.165, 1.54) is 10.7 Å². The molecule has 0 spiro atoms. The molecule has 1 aliphatic rings. The van der Waals surface area contributed by atoms with Crippen molar-refractivity contribution in [3.8, 4) is 28.5 Å². The lowest BCUT2D eigenvalue weighted by molar-refractivity contribution is 0.0689. The number of aryl methyl sites for hydroxylation is 1. The van der Waals surface area contributed by atoms with Gasteiger partial charge in [-0.2, -0.15) is 5.10 Å². The van der Waals surface area contributed by atoms with Crippen molar-refractivity contribution in [3.05, 3.63) is 23.9 Å². The van der Waals surface area contributed by atoms with Crippen LogP contribution in [0.4, 0.5) is 0 Å². The Bertz CT molecular complexity index is 692. The Hall–Kier alpha value is -2.70. The minimum absolute atomic E-state index is 0.0296. The van der Waals surface area contributed by atoms with Crippen molar-refractivity contribution >= 4 is 5.97 Å². The fourth-order valence-corrected chi connectivity index (χ4v) is 2.12. The van der Waals surface area contributed by atoms with Gasteiger partial charge < -0.3 is 19.3 Å². The predicted molar refractivity (Wildman–Crippen MR) is 68.3 cm³/mol. The molecule has 20 heavy (non-hydrogen) atoms. The SMILES string of the molecule is COc1cc2c(c(-c3cc(C(=O)O)nn3C)c1)OCO2. The first kappa shape index (κ1) is 12.3. The Morgan fingerprint density at radius 3 is 2.85 bits per heavy atom. The number of methoxy groups -OCH3 is 1. The van der Waals surface area contributed by atoms with Crippen LogP contribution in [0, 0.1) is 0 Å². The van der Waals surface area contributed by atoms with Gasteiger partial charge in [0.1, 0.15) is 5.75 Å². The van der Waals surface area contributed by atoms with E-state index in [9.17, 15) is 4.79 Å². The van der Waals surface area contributed by atoms with E-state index >= 15 is 0 Å². The average molecular weight is 276 g/mol. The summed E-state index contributed by atoms with van der Waals surface area (Å²) in [6.07, 6.45) is 0. The van der Waals surface area contributed by atoms with Crippen LogP contribution in [0.1, 0.15) is 10.5 Å². The Labute approximate surface area is 114 Å². The van der Waals surface area contributed by atoms with Gasteiger partial charge in [0, 0.05) is 18.7 Å². The van der Waals surface area contributed by atoms with Crippen molar-refractivity contribution in [2.24, 2.45) is 7.05 Å². The third-order valence-electron chi connectivity index (χ3n) is 3.06. The second-order valence-corrected chi connectivity index (χ2v) is 4.25. The first-order valence-corrected chi connectivity index (χ1v) is 5.85. The van der Waals surface area contributed by atoms with E-state index in [2.05, 4.69) is 5.10 Å². The summed E-state index contributed by atoms with van der Waals surface area (Å²) in [4.78, 5) is 11.0. The summed E-state index contributed by atoms with van der Waals surface area (Å²) in [6, 6.07) is 4.97. The maximum atomic E-state index is 11.0. The largest absolute Gasteiger partial charge is 0.497 e. The second kappa shape index (κ2) is 4.44. The molecule has 104 valence electrons. The minimum Gasteiger partial charge on any atom is -0.497 e. The van der Waals surface area contributed by atoms with Crippen LogP contribution in [-0.4, -0.2) is 34.8 Å². The zero-order chi connectivity index (χ0) is 14.3. The van der Waals surface area contributed by atoms with Crippen LogP contribution in [0.5, 0.6) is 17.2 Å². The van der Waals surface area contributed by atoms with Gasteiger partial charge in [-0.25, -0.2) is 4.79 Å². The highest BCUT2D eigenvalue weighted by atomic mass is 16.7. The number of carbonyl (C=O) groups is 1. The average Bonchev–Trinajstić information content (AvgIpc) is 3.03. The van der Waals surface area contributed by atoms with Gasteiger partial charge in [0.2, 0.25) is 6.79 Å². The lowest BCUT2D eigenvalue weighted by atomic mass is 10.1. The molecule has 0 saturated heterocycles. The van der Waals surface area contributed by atoms with E-state index in [-0.39, 0.29) is 12.5 Å². The fraction of sp³-hybridized carbons (Fsp3) is 0.231. The highest BCUT2D eigenvalue weighted by Crippen LogP contribution is 2.44. The Morgan fingerprint density at radius 2 is 2.20 bits per heavy atom. The highest BCUT2D eigenvalue weighted by molar-refractivity contribution is 5.88. The maximum Gasteiger partial charge on any atom is 0.356 e. The molecule has 2 heterocycles. The lowest BCUT2D eigenvalue weighted by Gasteiger charge is -2.08. The molecule has 1 aliphatic heterocycles. The van der Waals surface area contributed by atoms with Gasteiger partial charge in [0.05, 0.1) is 12.8 Å². The smallest absolute Gasteiger partial charge is 0.356 e. The molecule has 0 amide bonds. The number of fused-ring (bicyclic) bond motifs is 1. The number of nitrogens with zero attached hydrogens (tertiary/aromatic N) is 2. The van der Waals surface area contributed by atoms with E-state index in [1.54, 1.807) is 26.3 Å². The van der Waals surface area contributed by atoms with Crippen molar-refractivity contribution in [3.63, 3.8) is 0 Å². The van der Waals surface area contributed by atoms with Gasteiger partial charge in [0.15, 0.2) is 17.2 Å². The molecule has 1 aromatic heterocycles. The van der Waals surface area contributed by atoms with Crippen LogP contribution in [0.3, 0.4) is 0 Å². The Balaban J connectivity index is 2.19. The molecule has 1 aromatic carbocycles. The molecule has 0 radical (unpaired) electrons. The summed E-state index contributed by atoms with van der Waals surface area (Å²) in [5.74, 6) is 0.647. The first-order chi connectivity index (χ1) is 9.60. The number of carboxylic acids is 1. The number of aromatic carboxylic acids is 1. The van der Waals surface area contributed by atoms with Gasteiger partial charge in [-0.1, -0.05) is 0 Å². The van der Waals surface area contributed by atoms with Crippen LogP contribution in [-0.2, 0) is 7.05 Å². The molecular weight excluding hydrogens is 264 g/mol. The normalized spacial score (nSPS) is 12.5. The summed E-state index contributed by atoms with van der Waals surface area (Å²) in [5.41, 5.74) is 1.26. The summed E-state index contributed by atoms with van der Waals surface area (Å²) in [6.45, 7) is 0.124. The summed E-state index contributed by atoms with van der Waals surface area (Å²) in [5, 5.41) is 13.0. The minimum atomic E-state index is -1.08. The van der Waals surface area contributed by atoms with Crippen LogP contribution in [0.15, 0.2) is 18.2 Å². The van der Waals surface area contributed by atoms with Crippen LogP contribution < -0.4 is 14.2 Å². The maximum absolute atomic E-state index is 11.0. The molecule has 0 unspecified atom stereocenters. The summed E-state index contributed by atoms with van der Waals surface area (Å²) >= 11 is 0. The van der Waals surface area contributed by atoms with Crippen molar-refractivity contribution in [1.82, 2.24) is 9.78 Å². The van der Waals surface area contributed by atoms with Crippen LogP contribution in [0.2, 0.25) is 0 Å². The zero-order valence-corrected chi connectivity index (χ0v) is 10.9. The Kier molecular flexibility index (Phi) is 2.74. The number of aromatic nitrogens is 2. The fourth-order valence-electron chi connectivity index (χ4n) is 2.12. The number of carboxylic acid groups (broad SMARTS) is 1. The number of hydrogen-bond acceptors (Lipinski definition) is 5. The topological polar surface area (TPSA) is 82.8 Å². The molecule has 2 aromatic rings. The quantitative estimate of drug-likeness (QED) is 0.915. The van der Waals surface area contributed by atoms with Gasteiger partial charge in [0.25, 0.3) is 0 Å². The number of hydrogen-bond donors (Lipinski definition) is 1. The van der Waals surface area contributed by atoms with Crippen LogP contribution >= 0.6 is 0 Å². The number of ether oxygens (including phenoxy) is 3. The van der Waals surface area contributed by atoms with E-state index in [4.69, 9.17) is 19.3 Å². The molecule has 1 N–H and O–H groups in total. The zero-order valence-electron chi connectivity index (χ0n) is 10.9. The molecule has 0 saturated carbocycles. The Morgan fingerprint density at radius 1 is 1.40 bits per heavy atom. The monoisotopic (exact) mass is 276 g/mol. The van der Waals surface area contributed by atoms with Crippen molar-refractivity contribution in [2.75, 3.05) is 13.9 Å². The summed E-state index contributed by atoms with van der Waals surface area (Å²) in [7, 11) is 3.22. The van der Waals surface area contributed by atoms with E-state index in [0.717, 1.165) is 0 Å². The van der Waals surface area contributed by atoms with Crippen LogP contribution in [0.25, 0.3) is 11.3 Å². The van der Waals surface area contributed by atoms with Crippen molar-refractivity contribution in [1.29, 1.82) is 0 Å². The van der Waals surface area contributed by atoms with Gasteiger partial charge in [-0.15, -0.1) is 0 Å². The van der Waals surface area contributed by atoms with Crippen molar-refractivity contribution in [2.45, 2.75) is 0 Å². The molecule has 3 rings (SSSR count). The third-order valence-corrected chi connectivity index (χ3v) is 3.06. The van der Waals surface area contributed by atoms with Crippen molar-refractivity contribution < 1.29 is 24.1 Å². The van der Waals surface area contributed by atoms with E-state index < -0.39 is 5.97 Å². The molecule has 0 aliphatic carbocycles. The highest BCUT2D eigenvalue weighted by Gasteiger charge is 2.24. The molecule has 0 atom stereocenters. The predicted octanol–water partition coefficient (Wildman–Crippen LogP) is 1.52. The lowest BCUT2D eigenvalue weighted by Crippen LogP contribution is -1.99. The summed E-state index contributed by atoms with van der Waals surface area (Å²) < 4.78 is 17.5. The molecule has 0 fully saturated rings. The first-order valence-electron chi connectivity index (χ1n) is 5.85. The molecule has 7 heteroatoms. The van der Waals surface area contributed by atoms with Gasteiger partial charge >= 0.3 is 5.97 Å². The standard InChI is InChI=1S/C13H12N2O5/c1-15-10(5-9(14-15)13(16)17)8-3-7(18-2)4-11-12(8)20-6-19-11/h3-5H,6H2,1-2H3,(H,16,17). The van der Waals surface area contributed by atoms with Gasteiger partial charge in [-0.05, 0) is 12.1 Å². The molecular formula is C13H12N2O5. The number of benzene rings is 1.